The zero-order chi connectivity index (χ0) is 13.8. The highest BCUT2D eigenvalue weighted by Gasteiger charge is 2.10. The number of nitrogens with zero attached hydrogens (tertiary/aromatic N) is 3. The van der Waals surface area contributed by atoms with Gasteiger partial charge in [0.15, 0.2) is 5.78 Å². The Hall–Kier alpha value is -1.65. The number of benzene rings is 1. The van der Waals surface area contributed by atoms with Crippen molar-refractivity contribution in [2.75, 3.05) is 13.6 Å². The first-order chi connectivity index (χ1) is 9.04. The summed E-state index contributed by atoms with van der Waals surface area (Å²) in [4.78, 5) is 14.0. The van der Waals surface area contributed by atoms with Gasteiger partial charge in [-0.3, -0.25) is 14.4 Å². The maximum atomic E-state index is 12.1. The number of ketones is 1. The molecule has 1 aromatic carbocycles. The van der Waals surface area contributed by atoms with Gasteiger partial charge in [-0.05, 0) is 31.3 Å². The molecule has 5 heteroatoms. The van der Waals surface area contributed by atoms with Crippen LogP contribution in [-0.4, -0.2) is 34.1 Å². The number of aromatic nitrogens is 2. The summed E-state index contributed by atoms with van der Waals surface area (Å²) in [6.45, 7) is 1.07. The third kappa shape index (κ3) is 3.91. The largest absolute Gasteiger partial charge is 0.294 e. The first-order valence-corrected chi connectivity index (χ1v) is 6.37. The molecule has 0 saturated carbocycles. The Balaban J connectivity index is 1.93. The number of carbonyl (C=O) groups excluding carboxylic acids is 1. The van der Waals surface area contributed by atoms with E-state index in [4.69, 9.17) is 11.6 Å². The first-order valence-electron chi connectivity index (χ1n) is 5.99. The molecule has 0 radical (unpaired) electrons. The molecule has 0 aliphatic heterocycles. The number of aryl methyl sites for hydroxylation is 1. The minimum atomic E-state index is 0.0862. The van der Waals surface area contributed by atoms with Crippen molar-refractivity contribution in [2.24, 2.45) is 7.05 Å². The first kappa shape index (κ1) is 13.8. The third-order valence-electron chi connectivity index (χ3n) is 2.79. The molecule has 0 fully saturated rings. The van der Waals surface area contributed by atoms with E-state index in [-0.39, 0.29) is 5.78 Å². The van der Waals surface area contributed by atoms with E-state index in [2.05, 4.69) is 5.10 Å². The molecule has 0 atom stereocenters. The van der Waals surface area contributed by atoms with Crippen LogP contribution < -0.4 is 0 Å². The number of Topliss-reactive ketones (excluding diaryl/α,β-unsaturated/α-hetero) is 1. The van der Waals surface area contributed by atoms with Crippen LogP contribution in [-0.2, 0) is 13.6 Å². The molecule has 0 unspecified atom stereocenters. The highest BCUT2D eigenvalue weighted by atomic mass is 35.5. The van der Waals surface area contributed by atoms with Gasteiger partial charge in [-0.2, -0.15) is 5.10 Å². The van der Waals surface area contributed by atoms with Gasteiger partial charge >= 0.3 is 0 Å². The van der Waals surface area contributed by atoms with Crippen LogP contribution in [0.3, 0.4) is 0 Å². The predicted molar refractivity (Wildman–Crippen MR) is 75.3 cm³/mol. The number of hydrogen-bond acceptors (Lipinski definition) is 3. The zero-order valence-corrected chi connectivity index (χ0v) is 11.8. The van der Waals surface area contributed by atoms with Crippen molar-refractivity contribution in [3.8, 4) is 0 Å². The second-order valence-corrected chi connectivity index (χ2v) is 5.06. The molecule has 0 N–H and O–H groups in total. The Kier molecular flexibility index (Phi) is 4.35. The van der Waals surface area contributed by atoms with Crippen molar-refractivity contribution in [1.82, 2.24) is 14.7 Å². The van der Waals surface area contributed by atoms with Gasteiger partial charge in [-0.25, -0.2) is 0 Å². The fourth-order valence-corrected chi connectivity index (χ4v) is 2.02. The molecular formula is C14H16ClN3O. The predicted octanol–water partition coefficient (Wildman–Crippen LogP) is 2.39. The standard InChI is InChI=1S/C14H16ClN3O/c1-17(8-11-7-16-18(2)9-11)10-14(19)12-3-5-13(15)6-4-12/h3-7,9H,8,10H2,1-2H3. The van der Waals surface area contributed by atoms with Crippen LogP contribution in [0.1, 0.15) is 15.9 Å². The van der Waals surface area contributed by atoms with Crippen LogP contribution in [0, 0.1) is 0 Å². The van der Waals surface area contributed by atoms with Crippen LogP contribution in [0.15, 0.2) is 36.7 Å². The summed E-state index contributed by atoms with van der Waals surface area (Å²) in [5.41, 5.74) is 1.77. The summed E-state index contributed by atoms with van der Waals surface area (Å²) in [6.07, 6.45) is 3.76. The zero-order valence-electron chi connectivity index (χ0n) is 11.0. The van der Waals surface area contributed by atoms with Crippen LogP contribution in [0.2, 0.25) is 5.02 Å². The van der Waals surface area contributed by atoms with Crippen LogP contribution in [0.25, 0.3) is 0 Å². The van der Waals surface area contributed by atoms with Crippen LogP contribution in [0.4, 0.5) is 0 Å². The number of likely N-dealkylation sites (N-methyl/N-ethyl adjacent to an activating group) is 1. The van der Waals surface area contributed by atoms with Gasteiger partial charge in [0, 0.05) is 35.9 Å². The van der Waals surface area contributed by atoms with Gasteiger partial charge in [0.25, 0.3) is 0 Å². The summed E-state index contributed by atoms with van der Waals surface area (Å²) < 4.78 is 1.75. The van der Waals surface area contributed by atoms with E-state index in [1.54, 1.807) is 28.9 Å². The van der Waals surface area contributed by atoms with E-state index < -0.39 is 0 Å². The highest BCUT2D eigenvalue weighted by Crippen LogP contribution is 2.11. The smallest absolute Gasteiger partial charge is 0.176 e. The summed E-state index contributed by atoms with van der Waals surface area (Å²) in [7, 11) is 3.79. The molecule has 1 heterocycles. The lowest BCUT2D eigenvalue weighted by Crippen LogP contribution is -2.25. The normalized spacial score (nSPS) is 10.9. The summed E-state index contributed by atoms with van der Waals surface area (Å²) in [6, 6.07) is 6.97. The van der Waals surface area contributed by atoms with Gasteiger partial charge in [0.05, 0.1) is 12.7 Å². The summed E-state index contributed by atoms with van der Waals surface area (Å²) in [5, 5.41) is 4.75. The molecule has 1 aromatic heterocycles. The van der Waals surface area contributed by atoms with Crippen molar-refractivity contribution in [1.29, 1.82) is 0 Å². The van der Waals surface area contributed by atoms with Crippen molar-refractivity contribution in [3.63, 3.8) is 0 Å². The minimum absolute atomic E-state index is 0.0862. The lowest BCUT2D eigenvalue weighted by atomic mass is 10.1. The second-order valence-electron chi connectivity index (χ2n) is 4.62. The highest BCUT2D eigenvalue weighted by molar-refractivity contribution is 6.30. The summed E-state index contributed by atoms with van der Waals surface area (Å²) in [5.74, 6) is 0.0862. The lowest BCUT2D eigenvalue weighted by Gasteiger charge is -2.14. The molecule has 2 rings (SSSR count). The van der Waals surface area contributed by atoms with E-state index in [0.29, 0.717) is 23.7 Å². The molecule has 100 valence electrons. The number of hydrogen-bond donors (Lipinski definition) is 0. The third-order valence-corrected chi connectivity index (χ3v) is 3.04. The average molecular weight is 278 g/mol. The van der Waals surface area contributed by atoms with Crippen LogP contribution in [0.5, 0.6) is 0 Å². The van der Waals surface area contributed by atoms with Gasteiger partial charge in [0.1, 0.15) is 0 Å². The molecule has 0 bridgehead atoms. The average Bonchev–Trinajstić information content (AvgIpc) is 2.75. The molecule has 0 spiro atoms. The Labute approximate surface area is 117 Å². The van der Waals surface area contributed by atoms with E-state index in [9.17, 15) is 4.79 Å². The Bertz CT molecular complexity index is 562. The maximum absolute atomic E-state index is 12.1. The molecule has 0 aliphatic rings. The Morgan fingerprint density at radius 1 is 1.37 bits per heavy atom. The topological polar surface area (TPSA) is 38.1 Å². The quantitative estimate of drug-likeness (QED) is 0.788. The van der Waals surface area contributed by atoms with Crippen molar-refractivity contribution < 1.29 is 4.79 Å². The van der Waals surface area contributed by atoms with Gasteiger partial charge in [0.2, 0.25) is 0 Å². The van der Waals surface area contributed by atoms with E-state index >= 15 is 0 Å². The lowest BCUT2D eigenvalue weighted by molar-refractivity contribution is 0.0943. The maximum Gasteiger partial charge on any atom is 0.176 e. The SMILES string of the molecule is CN(CC(=O)c1ccc(Cl)cc1)Cc1cnn(C)c1. The Morgan fingerprint density at radius 2 is 2.05 bits per heavy atom. The van der Waals surface area contributed by atoms with E-state index in [1.165, 1.54) is 0 Å². The number of halogens is 1. The van der Waals surface area contributed by atoms with Crippen molar-refractivity contribution in [3.05, 3.63) is 52.8 Å². The minimum Gasteiger partial charge on any atom is -0.294 e. The molecule has 0 aliphatic carbocycles. The molecule has 4 nitrogen and oxygen atoms in total. The monoisotopic (exact) mass is 277 g/mol. The fraction of sp³-hybridized carbons (Fsp3) is 0.286. The molecule has 0 saturated heterocycles. The van der Waals surface area contributed by atoms with E-state index in [0.717, 1.165) is 5.56 Å². The molecule has 19 heavy (non-hydrogen) atoms. The second kappa shape index (κ2) is 5.99. The molecular weight excluding hydrogens is 262 g/mol. The fourth-order valence-electron chi connectivity index (χ4n) is 1.89. The van der Waals surface area contributed by atoms with Crippen LogP contribution >= 0.6 is 11.6 Å². The van der Waals surface area contributed by atoms with Crippen molar-refractivity contribution in [2.45, 2.75) is 6.54 Å². The Morgan fingerprint density at radius 3 is 2.63 bits per heavy atom. The van der Waals surface area contributed by atoms with Gasteiger partial charge < -0.3 is 0 Å². The van der Waals surface area contributed by atoms with E-state index in [1.807, 2.05) is 31.4 Å². The van der Waals surface area contributed by atoms with Gasteiger partial charge in [-0.15, -0.1) is 0 Å². The number of carbonyl (C=O) groups is 1. The molecule has 0 amide bonds. The van der Waals surface area contributed by atoms with Crippen molar-refractivity contribution >= 4 is 17.4 Å². The van der Waals surface area contributed by atoms with Gasteiger partial charge in [-0.1, -0.05) is 11.6 Å². The summed E-state index contributed by atoms with van der Waals surface area (Å²) >= 11 is 5.80. The number of rotatable bonds is 5. The molecule has 2 aromatic rings.